The predicted octanol–water partition coefficient (Wildman–Crippen LogP) is 3.69. The van der Waals surface area contributed by atoms with E-state index in [9.17, 15) is 4.79 Å². The second-order valence-corrected chi connectivity index (χ2v) is 7.23. The Bertz CT molecular complexity index is 885. The van der Waals surface area contributed by atoms with Gasteiger partial charge in [0.25, 0.3) is 0 Å². The van der Waals surface area contributed by atoms with Gasteiger partial charge >= 0.3 is 0 Å². The minimum absolute atomic E-state index is 0.104. The number of benzene rings is 2. The molecule has 2 aromatic carbocycles. The quantitative estimate of drug-likeness (QED) is 0.843. The first kappa shape index (κ1) is 18.7. The van der Waals surface area contributed by atoms with E-state index in [0.717, 1.165) is 29.0 Å². The Kier molecular flexibility index (Phi) is 5.48. The molecule has 4 rings (SSSR count). The van der Waals surface area contributed by atoms with Crippen LogP contribution in [0.5, 0.6) is 23.0 Å². The first-order valence-corrected chi connectivity index (χ1v) is 9.75. The molecule has 0 radical (unpaired) electrons. The van der Waals surface area contributed by atoms with Gasteiger partial charge in [-0.1, -0.05) is 17.7 Å². The van der Waals surface area contributed by atoms with Crippen LogP contribution in [0, 0.1) is 0 Å². The average Bonchev–Trinajstić information content (AvgIpc) is 2.92. The minimum Gasteiger partial charge on any atom is -0.490 e. The molecule has 0 fully saturated rings. The highest BCUT2D eigenvalue weighted by Gasteiger charge is 2.19. The van der Waals surface area contributed by atoms with Crippen LogP contribution in [-0.4, -0.2) is 32.3 Å². The molecule has 0 spiro atoms. The number of carbonyl (C=O) groups excluding carboxylic acids is 1. The third kappa shape index (κ3) is 4.12. The smallest absolute Gasteiger partial charge is 0.224 e. The lowest BCUT2D eigenvalue weighted by molar-refractivity contribution is -0.121. The number of rotatable bonds is 4. The van der Waals surface area contributed by atoms with Gasteiger partial charge in [-0.25, -0.2) is 0 Å². The van der Waals surface area contributed by atoms with Gasteiger partial charge in [-0.15, -0.1) is 0 Å². The Morgan fingerprint density at radius 1 is 1.00 bits per heavy atom. The summed E-state index contributed by atoms with van der Waals surface area (Å²) in [5.41, 5.74) is 1.73. The second-order valence-electron chi connectivity index (χ2n) is 6.82. The van der Waals surface area contributed by atoms with E-state index in [2.05, 4.69) is 5.32 Å². The second kappa shape index (κ2) is 8.19. The van der Waals surface area contributed by atoms with Crippen molar-refractivity contribution in [3.05, 3.63) is 46.5 Å². The standard InChI is InChI=1S/C21H22ClNO5/c1-13(15-3-4-17-18(12-15)26-6-2-5-25-17)23-20(24)11-14-9-16(22)21-19(10-14)27-7-8-28-21/h3-4,9-10,12-13H,2,5-8,11H2,1H3,(H,23,24)/t13-/m1/s1. The lowest BCUT2D eigenvalue weighted by atomic mass is 10.1. The van der Waals surface area contributed by atoms with Gasteiger partial charge in [-0.2, -0.15) is 0 Å². The van der Waals surface area contributed by atoms with Crippen molar-refractivity contribution in [2.24, 2.45) is 0 Å². The topological polar surface area (TPSA) is 66.0 Å². The molecule has 0 unspecified atom stereocenters. The summed E-state index contributed by atoms with van der Waals surface area (Å²) in [6, 6.07) is 9.13. The molecule has 0 bridgehead atoms. The van der Waals surface area contributed by atoms with E-state index < -0.39 is 0 Å². The normalized spacial score (nSPS) is 16.1. The SMILES string of the molecule is C[C@@H](NC(=O)Cc1cc(Cl)c2c(c1)OCCO2)c1ccc2c(c1)OCCCO2. The highest BCUT2D eigenvalue weighted by Crippen LogP contribution is 2.38. The van der Waals surface area contributed by atoms with Crippen molar-refractivity contribution in [3.8, 4) is 23.0 Å². The lowest BCUT2D eigenvalue weighted by Crippen LogP contribution is -2.28. The molecule has 0 saturated heterocycles. The van der Waals surface area contributed by atoms with Crippen molar-refractivity contribution < 1.29 is 23.7 Å². The average molecular weight is 404 g/mol. The molecule has 0 saturated carbocycles. The third-order valence-corrected chi connectivity index (χ3v) is 4.95. The highest BCUT2D eigenvalue weighted by atomic mass is 35.5. The maximum Gasteiger partial charge on any atom is 0.224 e. The molecule has 2 aliphatic rings. The molecule has 148 valence electrons. The molecule has 1 atom stereocenters. The summed E-state index contributed by atoms with van der Waals surface area (Å²) in [5, 5.41) is 3.47. The van der Waals surface area contributed by atoms with Gasteiger partial charge < -0.3 is 24.3 Å². The highest BCUT2D eigenvalue weighted by molar-refractivity contribution is 6.32. The van der Waals surface area contributed by atoms with Crippen molar-refractivity contribution in [1.29, 1.82) is 0 Å². The molecular weight excluding hydrogens is 382 g/mol. The van der Waals surface area contributed by atoms with Crippen molar-refractivity contribution in [1.82, 2.24) is 5.32 Å². The van der Waals surface area contributed by atoms with Gasteiger partial charge in [0, 0.05) is 6.42 Å². The van der Waals surface area contributed by atoms with Crippen LogP contribution in [0.1, 0.15) is 30.5 Å². The number of ether oxygens (including phenoxy) is 4. The molecule has 28 heavy (non-hydrogen) atoms. The first-order valence-electron chi connectivity index (χ1n) is 9.37. The fourth-order valence-electron chi connectivity index (χ4n) is 3.28. The van der Waals surface area contributed by atoms with E-state index in [1.807, 2.05) is 25.1 Å². The number of halogens is 1. The molecule has 1 amide bonds. The summed E-state index contributed by atoms with van der Waals surface area (Å²) in [4.78, 5) is 12.5. The fraction of sp³-hybridized carbons (Fsp3) is 0.381. The van der Waals surface area contributed by atoms with Crippen LogP contribution in [0.25, 0.3) is 0 Å². The Hall–Kier alpha value is -2.60. The van der Waals surface area contributed by atoms with Crippen LogP contribution >= 0.6 is 11.6 Å². The van der Waals surface area contributed by atoms with E-state index >= 15 is 0 Å². The molecule has 2 aliphatic heterocycles. The van der Waals surface area contributed by atoms with Gasteiger partial charge in [0.05, 0.1) is 30.7 Å². The van der Waals surface area contributed by atoms with Crippen LogP contribution in [0.15, 0.2) is 30.3 Å². The minimum atomic E-state index is -0.169. The van der Waals surface area contributed by atoms with Crippen molar-refractivity contribution in [3.63, 3.8) is 0 Å². The van der Waals surface area contributed by atoms with Gasteiger partial charge in [-0.05, 0) is 42.3 Å². The number of hydrogen-bond acceptors (Lipinski definition) is 5. The van der Waals surface area contributed by atoms with Crippen LogP contribution < -0.4 is 24.3 Å². The number of amides is 1. The zero-order valence-corrected chi connectivity index (χ0v) is 16.4. The van der Waals surface area contributed by atoms with E-state index in [1.54, 1.807) is 12.1 Å². The van der Waals surface area contributed by atoms with E-state index in [1.165, 1.54) is 0 Å². The van der Waals surface area contributed by atoms with E-state index in [-0.39, 0.29) is 18.4 Å². The van der Waals surface area contributed by atoms with E-state index in [0.29, 0.717) is 42.9 Å². The van der Waals surface area contributed by atoms with Crippen molar-refractivity contribution >= 4 is 17.5 Å². The number of hydrogen-bond donors (Lipinski definition) is 1. The molecule has 6 nitrogen and oxygen atoms in total. The maximum atomic E-state index is 12.5. The molecule has 1 N–H and O–H groups in total. The molecular formula is C21H22ClNO5. The summed E-state index contributed by atoms with van der Waals surface area (Å²) in [6.45, 7) is 4.16. The summed E-state index contributed by atoms with van der Waals surface area (Å²) < 4.78 is 22.5. The number of nitrogens with one attached hydrogen (secondary N) is 1. The Balaban J connectivity index is 1.42. The molecule has 0 aliphatic carbocycles. The molecule has 2 heterocycles. The van der Waals surface area contributed by atoms with Crippen molar-refractivity contribution in [2.45, 2.75) is 25.8 Å². The fourth-order valence-corrected chi connectivity index (χ4v) is 3.56. The van der Waals surface area contributed by atoms with Gasteiger partial charge in [0.2, 0.25) is 5.91 Å². The summed E-state index contributed by atoms with van der Waals surface area (Å²) in [6.07, 6.45) is 1.06. The molecule has 7 heteroatoms. The zero-order valence-electron chi connectivity index (χ0n) is 15.6. The van der Waals surface area contributed by atoms with Gasteiger partial charge in [-0.3, -0.25) is 4.79 Å². The summed E-state index contributed by atoms with van der Waals surface area (Å²) in [5.74, 6) is 2.47. The lowest BCUT2D eigenvalue weighted by Gasteiger charge is -2.20. The Labute approximate surface area is 168 Å². The van der Waals surface area contributed by atoms with Crippen LogP contribution in [0.3, 0.4) is 0 Å². The summed E-state index contributed by atoms with van der Waals surface area (Å²) >= 11 is 6.25. The first-order chi connectivity index (χ1) is 13.6. The van der Waals surface area contributed by atoms with E-state index in [4.69, 9.17) is 30.5 Å². The monoisotopic (exact) mass is 403 g/mol. The van der Waals surface area contributed by atoms with Gasteiger partial charge in [0.1, 0.15) is 13.2 Å². The largest absolute Gasteiger partial charge is 0.490 e. The summed E-state index contributed by atoms with van der Waals surface area (Å²) in [7, 11) is 0. The van der Waals surface area contributed by atoms with Gasteiger partial charge in [0.15, 0.2) is 23.0 Å². The number of carbonyl (C=O) groups is 1. The maximum absolute atomic E-state index is 12.5. The zero-order chi connectivity index (χ0) is 19.5. The van der Waals surface area contributed by atoms with Crippen LogP contribution in [0.2, 0.25) is 5.02 Å². The molecule has 2 aromatic rings. The third-order valence-electron chi connectivity index (χ3n) is 4.67. The Morgan fingerprint density at radius 2 is 1.75 bits per heavy atom. The van der Waals surface area contributed by atoms with Crippen molar-refractivity contribution in [2.75, 3.05) is 26.4 Å². The molecule has 0 aromatic heterocycles. The number of fused-ring (bicyclic) bond motifs is 2. The Morgan fingerprint density at radius 3 is 2.61 bits per heavy atom. The predicted molar refractivity (Wildman–Crippen MR) is 105 cm³/mol. The van der Waals surface area contributed by atoms with Crippen LogP contribution in [-0.2, 0) is 11.2 Å². The van der Waals surface area contributed by atoms with Crippen LogP contribution in [0.4, 0.5) is 0 Å².